The second kappa shape index (κ2) is 10.8. The molecule has 1 fully saturated rings. The highest BCUT2D eigenvalue weighted by Gasteiger charge is 2.22. The van der Waals surface area contributed by atoms with E-state index in [4.69, 9.17) is 33.2 Å². The quantitative estimate of drug-likeness (QED) is 0.332. The molecule has 1 saturated carbocycles. The van der Waals surface area contributed by atoms with Crippen LogP contribution in [0.3, 0.4) is 0 Å². The van der Waals surface area contributed by atoms with Crippen LogP contribution in [0.25, 0.3) is 10.9 Å². The molecule has 4 rings (SSSR count). The molecule has 1 aliphatic rings. The number of rotatable bonds is 8. The average Bonchev–Trinajstić information content (AvgIpc) is 2.80. The van der Waals surface area contributed by atoms with Gasteiger partial charge in [-0.3, -0.25) is 0 Å². The monoisotopic (exact) mass is 486 g/mol. The van der Waals surface area contributed by atoms with E-state index in [1.54, 1.807) is 6.07 Å². The van der Waals surface area contributed by atoms with Gasteiger partial charge >= 0.3 is 0 Å². The first-order valence-corrected chi connectivity index (χ1v) is 12.5. The molecule has 3 aromatic rings. The number of para-hydroxylation sites is 1. The standard InChI is InChI=1S/C26H32Cl2N4O/c1-32(2)25-21-9-5-6-10-23(21)30-26(31-25)29-20-13-11-17(12-14-20)7-3-4-8-18-15-19(27)16-22(28)24(18)33/h5-6,9-10,15-17,20,33H,3-4,7-8,11-14H2,1-2H3,(H,29,30,31). The molecule has 1 heterocycles. The van der Waals surface area contributed by atoms with E-state index in [-0.39, 0.29) is 5.75 Å². The molecule has 1 aromatic heterocycles. The zero-order valence-corrected chi connectivity index (χ0v) is 20.8. The van der Waals surface area contributed by atoms with E-state index in [0.717, 1.165) is 66.3 Å². The highest BCUT2D eigenvalue weighted by Crippen LogP contribution is 2.34. The molecule has 0 amide bonds. The van der Waals surface area contributed by atoms with Gasteiger partial charge < -0.3 is 15.3 Å². The Morgan fingerprint density at radius 2 is 1.79 bits per heavy atom. The Morgan fingerprint density at radius 1 is 1.03 bits per heavy atom. The number of aromatic nitrogens is 2. The van der Waals surface area contributed by atoms with Gasteiger partial charge in [0, 0.05) is 30.5 Å². The summed E-state index contributed by atoms with van der Waals surface area (Å²) in [6.45, 7) is 0. The predicted octanol–water partition coefficient (Wildman–Crippen LogP) is 7.09. The molecule has 2 aromatic carbocycles. The number of benzene rings is 2. The molecule has 0 atom stereocenters. The van der Waals surface area contributed by atoms with Crippen molar-refractivity contribution in [3.8, 4) is 5.75 Å². The van der Waals surface area contributed by atoms with Crippen LogP contribution < -0.4 is 10.2 Å². The fourth-order valence-corrected chi connectivity index (χ4v) is 5.34. The summed E-state index contributed by atoms with van der Waals surface area (Å²) in [5, 5.41) is 15.7. The third-order valence-corrected chi connectivity index (χ3v) is 7.11. The van der Waals surface area contributed by atoms with Crippen LogP contribution >= 0.6 is 23.2 Å². The number of fused-ring (bicyclic) bond motifs is 1. The molecule has 2 N–H and O–H groups in total. The Labute approximate surface area is 206 Å². The lowest BCUT2D eigenvalue weighted by Gasteiger charge is -2.29. The minimum Gasteiger partial charge on any atom is -0.506 e. The van der Waals surface area contributed by atoms with Crippen LogP contribution in [0.5, 0.6) is 5.75 Å². The number of anilines is 2. The van der Waals surface area contributed by atoms with Crippen LogP contribution in [0.15, 0.2) is 36.4 Å². The van der Waals surface area contributed by atoms with Gasteiger partial charge in [0.15, 0.2) is 0 Å². The van der Waals surface area contributed by atoms with Gasteiger partial charge in [-0.25, -0.2) is 4.98 Å². The van der Waals surface area contributed by atoms with Crippen molar-refractivity contribution in [3.63, 3.8) is 0 Å². The first-order valence-electron chi connectivity index (χ1n) is 11.8. The van der Waals surface area contributed by atoms with Crippen molar-refractivity contribution in [1.82, 2.24) is 9.97 Å². The third kappa shape index (κ3) is 6.01. The van der Waals surface area contributed by atoms with Gasteiger partial charge in [0.1, 0.15) is 11.6 Å². The number of aromatic hydroxyl groups is 1. The van der Waals surface area contributed by atoms with E-state index in [1.807, 2.05) is 43.3 Å². The van der Waals surface area contributed by atoms with Gasteiger partial charge in [-0.15, -0.1) is 0 Å². The molecule has 0 bridgehead atoms. The topological polar surface area (TPSA) is 61.3 Å². The molecule has 0 radical (unpaired) electrons. The summed E-state index contributed by atoms with van der Waals surface area (Å²) in [5.74, 6) is 2.60. The van der Waals surface area contributed by atoms with Crippen LogP contribution in [0.2, 0.25) is 10.0 Å². The molecule has 1 aliphatic carbocycles. The molecule has 0 spiro atoms. The van der Waals surface area contributed by atoms with Crippen molar-refractivity contribution in [1.29, 1.82) is 0 Å². The first kappa shape index (κ1) is 23.9. The van der Waals surface area contributed by atoms with E-state index < -0.39 is 0 Å². The van der Waals surface area contributed by atoms with Gasteiger partial charge in [0.05, 0.1) is 10.5 Å². The van der Waals surface area contributed by atoms with Crippen LogP contribution in [0.1, 0.15) is 50.5 Å². The summed E-state index contributed by atoms with van der Waals surface area (Å²) in [6.07, 6.45) is 8.92. The van der Waals surface area contributed by atoms with E-state index in [2.05, 4.69) is 11.4 Å². The number of phenols is 1. The SMILES string of the molecule is CN(C)c1nc(NC2CCC(CCCCc3cc(Cl)cc(Cl)c3O)CC2)nc2ccccc12. The second-order valence-electron chi connectivity index (χ2n) is 9.29. The Morgan fingerprint density at radius 3 is 2.55 bits per heavy atom. The summed E-state index contributed by atoms with van der Waals surface area (Å²) >= 11 is 12.1. The lowest BCUT2D eigenvalue weighted by molar-refractivity contribution is 0.312. The number of hydrogen-bond donors (Lipinski definition) is 2. The Kier molecular flexibility index (Phi) is 7.82. The molecule has 5 nitrogen and oxygen atoms in total. The number of halogens is 2. The maximum absolute atomic E-state index is 10.1. The van der Waals surface area contributed by atoms with Crippen molar-refractivity contribution in [3.05, 3.63) is 52.0 Å². The molecule has 176 valence electrons. The van der Waals surface area contributed by atoms with Gasteiger partial charge in [-0.2, -0.15) is 4.98 Å². The van der Waals surface area contributed by atoms with Crippen molar-refractivity contribution in [2.75, 3.05) is 24.3 Å². The van der Waals surface area contributed by atoms with Crippen LogP contribution in [0, 0.1) is 5.92 Å². The molecule has 0 saturated heterocycles. The maximum Gasteiger partial charge on any atom is 0.225 e. The van der Waals surface area contributed by atoms with Crippen LogP contribution in [0.4, 0.5) is 11.8 Å². The number of hydrogen-bond acceptors (Lipinski definition) is 5. The van der Waals surface area contributed by atoms with Crippen LogP contribution in [-0.4, -0.2) is 35.2 Å². The fourth-order valence-electron chi connectivity index (χ4n) is 4.80. The normalized spacial score (nSPS) is 18.4. The largest absolute Gasteiger partial charge is 0.506 e. The predicted molar refractivity (Wildman–Crippen MR) is 139 cm³/mol. The summed E-state index contributed by atoms with van der Waals surface area (Å²) in [5.41, 5.74) is 1.81. The summed E-state index contributed by atoms with van der Waals surface area (Å²) in [7, 11) is 4.04. The van der Waals surface area contributed by atoms with Crippen LogP contribution in [-0.2, 0) is 6.42 Å². The Hall–Kier alpha value is -2.24. The highest BCUT2D eigenvalue weighted by atomic mass is 35.5. The van der Waals surface area contributed by atoms with Crippen molar-refractivity contribution in [2.24, 2.45) is 5.92 Å². The minimum atomic E-state index is 0.168. The number of phenolic OH excluding ortho intramolecular Hbond substituents is 1. The zero-order chi connectivity index (χ0) is 23.4. The second-order valence-corrected chi connectivity index (χ2v) is 10.1. The number of nitrogens with zero attached hydrogens (tertiary/aromatic N) is 3. The van der Waals surface area contributed by atoms with Gasteiger partial charge in [-0.1, -0.05) is 48.2 Å². The average molecular weight is 487 g/mol. The van der Waals surface area contributed by atoms with Crippen molar-refractivity contribution < 1.29 is 5.11 Å². The first-order chi connectivity index (χ1) is 15.9. The Bertz CT molecular complexity index is 1100. The number of nitrogens with one attached hydrogen (secondary N) is 1. The molecule has 7 heteroatoms. The molecule has 33 heavy (non-hydrogen) atoms. The van der Waals surface area contributed by atoms with Gasteiger partial charge in [0.25, 0.3) is 0 Å². The lowest BCUT2D eigenvalue weighted by atomic mass is 9.83. The zero-order valence-electron chi connectivity index (χ0n) is 19.3. The molecule has 0 aliphatic heterocycles. The number of unbranched alkanes of at least 4 members (excludes halogenated alkanes) is 1. The highest BCUT2D eigenvalue weighted by molar-refractivity contribution is 6.35. The Balaban J connectivity index is 1.25. The van der Waals surface area contributed by atoms with Gasteiger partial charge in [0.2, 0.25) is 5.95 Å². The van der Waals surface area contributed by atoms with E-state index >= 15 is 0 Å². The summed E-state index contributed by atoms with van der Waals surface area (Å²) in [4.78, 5) is 11.6. The summed E-state index contributed by atoms with van der Waals surface area (Å²) in [6, 6.07) is 12.0. The molecule has 0 unspecified atom stereocenters. The van der Waals surface area contributed by atoms with E-state index in [9.17, 15) is 5.11 Å². The molecular formula is C26H32Cl2N4O. The minimum absolute atomic E-state index is 0.168. The fraction of sp³-hybridized carbons (Fsp3) is 0.462. The maximum atomic E-state index is 10.1. The van der Waals surface area contributed by atoms with E-state index in [0.29, 0.717) is 16.1 Å². The summed E-state index contributed by atoms with van der Waals surface area (Å²) < 4.78 is 0. The molecular weight excluding hydrogens is 455 g/mol. The smallest absolute Gasteiger partial charge is 0.225 e. The van der Waals surface area contributed by atoms with Crippen molar-refractivity contribution >= 4 is 45.9 Å². The number of aryl methyl sites for hydroxylation is 1. The lowest BCUT2D eigenvalue weighted by Crippen LogP contribution is -2.27. The van der Waals surface area contributed by atoms with Crippen molar-refractivity contribution in [2.45, 2.75) is 57.4 Å². The van der Waals surface area contributed by atoms with Gasteiger partial charge in [-0.05, 0) is 74.3 Å². The van der Waals surface area contributed by atoms with E-state index in [1.165, 1.54) is 19.3 Å². The third-order valence-electron chi connectivity index (χ3n) is 6.60.